The Bertz CT molecular complexity index is 497. The maximum atomic E-state index is 12.4. The Balaban J connectivity index is 1.52. The van der Waals surface area contributed by atoms with Gasteiger partial charge in [-0.15, -0.1) is 0 Å². The van der Waals surface area contributed by atoms with E-state index in [0.717, 1.165) is 31.4 Å². The first-order valence-electron chi connectivity index (χ1n) is 7.85. The summed E-state index contributed by atoms with van der Waals surface area (Å²) in [5.74, 6) is 0. The highest BCUT2D eigenvalue weighted by molar-refractivity contribution is 5.75. The van der Waals surface area contributed by atoms with Crippen LogP contribution in [0.3, 0.4) is 0 Å². The van der Waals surface area contributed by atoms with Gasteiger partial charge in [-0.05, 0) is 30.9 Å². The molecule has 0 aliphatic carbocycles. The second-order valence-electron chi connectivity index (χ2n) is 5.90. The molecule has 0 unspecified atom stereocenters. The maximum absolute atomic E-state index is 12.4. The van der Waals surface area contributed by atoms with Crippen LogP contribution in [0.1, 0.15) is 24.8 Å². The van der Waals surface area contributed by atoms with Crippen LogP contribution in [-0.2, 0) is 16.0 Å². The SMILES string of the molecule is COC[C@@H]1CC[C@H]2[C@H](CCN2C(=O)NCc2cccnc2)O1. The summed E-state index contributed by atoms with van der Waals surface area (Å²) in [7, 11) is 1.70. The van der Waals surface area contributed by atoms with Crippen molar-refractivity contribution in [2.45, 2.75) is 44.1 Å². The lowest BCUT2D eigenvalue weighted by molar-refractivity contribution is -0.0895. The number of likely N-dealkylation sites (tertiary alicyclic amines) is 1. The molecule has 3 heterocycles. The van der Waals surface area contributed by atoms with E-state index in [1.165, 1.54) is 0 Å². The Morgan fingerprint density at radius 1 is 1.50 bits per heavy atom. The van der Waals surface area contributed by atoms with E-state index in [9.17, 15) is 4.79 Å². The van der Waals surface area contributed by atoms with Crippen molar-refractivity contribution < 1.29 is 14.3 Å². The van der Waals surface area contributed by atoms with Crippen LogP contribution >= 0.6 is 0 Å². The molecule has 6 nitrogen and oxygen atoms in total. The highest BCUT2D eigenvalue weighted by atomic mass is 16.5. The van der Waals surface area contributed by atoms with Gasteiger partial charge < -0.3 is 19.7 Å². The van der Waals surface area contributed by atoms with Gasteiger partial charge in [0.15, 0.2) is 0 Å². The molecule has 2 aliphatic heterocycles. The molecule has 2 aliphatic rings. The summed E-state index contributed by atoms with van der Waals surface area (Å²) in [6.07, 6.45) is 6.66. The second kappa shape index (κ2) is 7.07. The van der Waals surface area contributed by atoms with Crippen LogP contribution in [0.15, 0.2) is 24.5 Å². The van der Waals surface area contributed by atoms with Gasteiger partial charge in [0, 0.05) is 32.6 Å². The fourth-order valence-corrected chi connectivity index (χ4v) is 3.34. The van der Waals surface area contributed by atoms with Crippen molar-refractivity contribution >= 4 is 6.03 Å². The van der Waals surface area contributed by atoms with Gasteiger partial charge in [0.05, 0.1) is 24.9 Å². The predicted molar refractivity (Wildman–Crippen MR) is 81.4 cm³/mol. The third-order valence-corrected chi connectivity index (χ3v) is 4.42. The van der Waals surface area contributed by atoms with E-state index in [2.05, 4.69) is 10.3 Å². The van der Waals surface area contributed by atoms with Gasteiger partial charge in [0.25, 0.3) is 0 Å². The molecule has 0 spiro atoms. The zero-order chi connectivity index (χ0) is 15.4. The Morgan fingerprint density at radius 2 is 2.41 bits per heavy atom. The highest BCUT2D eigenvalue weighted by Gasteiger charge is 2.41. The smallest absolute Gasteiger partial charge is 0.318 e. The summed E-state index contributed by atoms with van der Waals surface area (Å²) in [6, 6.07) is 4.02. The van der Waals surface area contributed by atoms with E-state index >= 15 is 0 Å². The number of aromatic nitrogens is 1. The van der Waals surface area contributed by atoms with Crippen molar-refractivity contribution in [3.8, 4) is 0 Å². The molecule has 1 N–H and O–H groups in total. The minimum absolute atomic E-state index is 0.00913. The third-order valence-electron chi connectivity index (χ3n) is 4.42. The van der Waals surface area contributed by atoms with Gasteiger partial charge in [-0.25, -0.2) is 4.79 Å². The third kappa shape index (κ3) is 3.39. The summed E-state index contributed by atoms with van der Waals surface area (Å²) in [5, 5.41) is 2.98. The fourth-order valence-electron chi connectivity index (χ4n) is 3.34. The number of carbonyl (C=O) groups is 1. The van der Waals surface area contributed by atoms with Crippen molar-refractivity contribution in [3.63, 3.8) is 0 Å². The average Bonchev–Trinajstić information content (AvgIpc) is 2.97. The summed E-state index contributed by atoms with van der Waals surface area (Å²) < 4.78 is 11.2. The van der Waals surface area contributed by atoms with Gasteiger partial charge in [-0.2, -0.15) is 0 Å². The van der Waals surface area contributed by atoms with Crippen molar-refractivity contribution in [1.82, 2.24) is 15.2 Å². The predicted octanol–water partition coefficient (Wildman–Crippen LogP) is 1.56. The molecule has 0 bridgehead atoms. The Hall–Kier alpha value is -1.66. The summed E-state index contributed by atoms with van der Waals surface area (Å²) in [6.45, 7) is 1.90. The number of methoxy groups -OCH3 is 1. The molecule has 1 aromatic heterocycles. The Kier molecular flexibility index (Phi) is 4.90. The van der Waals surface area contributed by atoms with Crippen LogP contribution in [0, 0.1) is 0 Å². The molecule has 120 valence electrons. The standard InChI is InChI=1S/C16H23N3O3/c1-21-11-13-4-5-14-15(22-13)6-8-19(14)16(20)18-10-12-3-2-7-17-9-12/h2-3,7,9,13-15H,4-6,8,10-11H2,1H3,(H,18,20)/t13-,14-,15-/m0/s1. The van der Waals surface area contributed by atoms with Crippen LogP contribution in [0.25, 0.3) is 0 Å². The lowest BCUT2D eigenvalue weighted by Gasteiger charge is -2.35. The first-order chi connectivity index (χ1) is 10.8. The summed E-state index contributed by atoms with van der Waals surface area (Å²) in [5.41, 5.74) is 1.01. The van der Waals surface area contributed by atoms with Crippen LogP contribution in [0.5, 0.6) is 0 Å². The number of hydrogen-bond acceptors (Lipinski definition) is 4. The molecule has 3 atom stereocenters. The van der Waals surface area contributed by atoms with Crippen molar-refractivity contribution in [2.24, 2.45) is 0 Å². The first-order valence-corrected chi connectivity index (χ1v) is 7.85. The molecule has 0 aromatic carbocycles. The Morgan fingerprint density at radius 3 is 3.18 bits per heavy atom. The van der Waals surface area contributed by atoms with E-state index in [1.54, 1.807) is 19.5 Å². The number of ether oxygens (including phenoxy) is 2. The minimum Gasteiger partial charge on any atom is -0.382 e. The quantitative estimate of drug-likeness (QED) is 0.917. The Labute approximate surface area is 130 Å². The van der Waals surface area contributed by atoms with Crippen molar-refractivity contribution in [1.29, 1.82) is 0 Å². The molecule has 0 radical (unpaired) electrons. The average molecular weight is 305 g/mol. The molecule has 2 saturated heterocycles. The number of hydrogen-bond donors (Lipinski definition) is 1. The number of nitrogens with zero attached hydrogens (tertiary/aromatic N) is 2. The first kappa shape index (κ1) is 15.2. The van der Waals surface area contributed by atoms with E-state index in [4.69, 9.17) is 9.47 Å². The maximum Gasteiger partial charge on any atom is 0.318 e. The molecule has 6 heteroatoms. The second-order valence-corrected chi connectivity index (χ2v) is 5.90. The monoisotopic (exact) mass is 305 g/mol. The molecule has 0 saturated carbocycles. The number of fused-ring (bicyclic) bond motifs is 1. The van der Waals surface area contributed by atoms with Crippen molar-refractivity contribution in [2.75, 3.05) is 20.3 Å². The molecule has 22 heavy (non-hydrogen) atoms. The number of urea groups is 1. The van der Waals surface area contributed by atoms with Gasteiger partial charge in [-0.1, -0.05) is 6.07 Å². The van der Waals surface area contributed by atoms with E-state index < -0.39 is 0 Å². The topological polar surface area (TPSA) is 63.7 Å². The zero-order valence-corrected chi connectivity index (χ0v) is 12.9. The molecule has 2 amide bonds. The minimum atomic E-state index is -0.00913. The highest BCUT2D eigenvalue weighted by Crippen LogP contribution is 2.31. The fraction of sp³-hybridized carbons (Fsp3) is 0.625. The number of rotatable bonds is 4. The van der Waals surface area contributed by atoms with Gasteiger partial charge in [0.1, 0.15) is 0 Å². The zero-order valence-electron chi connectivity index (χ0n) is 12.9. The van der Waals surface area contributed by atoms with Crippen LogP contribution in [0.2, 0.25) is 0 Å². The van der Waals surface area contributed by atoms with Crippen LogP contribution in [0.4, 0.5) is 4.79 Å². The summed E-state index contributed by atoms with van der Waals surface area (Å²) in [4.78, 5) is 18.4. The summed E-state index contributed by atoms with van der Waals surface area (Å²) >= 11 is 0. The normalized spacial score (nSPS) is 27.5. The molecule has 1 aromatic rings. The van der Waals surface area contributed by atoms with Gasteiger partial charge in [0.2, 0.25) is 0 Å². The largest absolute Gasteiger partial charge is 0.382 e. The van der Waals surface area contributed by atoms with E-state index in [1.807, 2.05) is 17.0 Å². The molecular formula is C16H23N3O3. The van der Waals surface area contributed by atoms with Gasteiger partial charge >= 0.3 is 6.03 Å². The molecular weight excluding hydrogens is 282 g/mol. The molecule has 3 rings (SSSR count). The number of nitrogens with one attached hydrogen (secondary N) is 1. The molecule has 2 fully saturated rings. The van der Waals surface area contributed by atoms with Gasteiger partial charge in [-0.3, -0.25) is 4.98 Å². The van der Waals surface area contributed by atoms with Crippen molar-refractivity contribution in [3.05, 3.63) is 30.1 Å². The van der Waals surface area contributed by atoms with Crippen LogP contribution < -0.4 is 5.32 Å². The van der Waals surface area contributed by atoms with E-state index in [-0.39, 0.29) is 24.3 Å². The van der Waals surface area contributed by atoms with Crippen LogP contribution in [-0.4, -0.2) is 54.4 Å². The van der Waals surface area contributed by atoms with E-state index in [0.29, 0.717) is 13.2 Å². The lowest BCUT2D eigenvalue weighted by Crippen LogP contribution is -2.48. The number of carbonyl (C=O) groups excluding carboxylic acids is 1. The number of pyridine rings is 1. The lowest BCUT2D eigenvalue weighted by atomic mass is 9.99. The number of amides is 2.